The Morgan fingerprint density at radius 3 is 2.57 bits per heavy atom. The molecule has 0 bridgehead atoms. The highest BCUT2D eigenvalue weighted by Crippen LogP contribution is 2.46. The summed E-state index contributed by atoms with van der Waals surface area (Å²) in [6.45, 7) is 7.59. The molecule has 30 heavy (non-hydrogen) atoms. The van der Waals surface area contributed by atoms with Crippen LogP contribution in [-0.2, 0) is 4.79 Å². The summed E-state index contributed by atoms with van der Waals surface area (Å²) in [5, 5.41) is 1.05. The van der Waals surface area contributed by atoms with Crippen LogP contribution in [0.3, 0.4) is 0 Å². The molecule has 0 N–H and O–H groups in total. The van der Waals surface area contributed by atoms with Crippen LogP contribution in [0.5, 0.6) is 11.5 Å². The smallest absolute Gasteiger partial charge is 0.252 e. The molecule has 3 heterocycles. The first-order chi connectivity index (χ1) is 14.6. The number of hydrogen-bond donors (Lipinski definition) is 0. The van der Waals surface area contributed by atoms with Gasteiger partial charge in [0.1, 0.15) is 0 Å². The van der Waals surface area contributed by atoms with E-state index in [-0.39, 0.29) is 11.7 Å². The van der Waals surface area contributed by atoms with Crippen molar-refractivity contribution in [3.8, 4) is 11.5 Å². The largest absolute Gasteiger partial charge is 0.493 e. The molecule has 1 amide bonds. The Kier molecular flexibility index (Phi) is 6.45. The van der Waals surface area contributed by atoms with Crippen molar-refractivity contribution in [2.75, 3.05) is 46.9 Å². The molecule has 3 aliphatic rings. The Balaban J connectivity index is 1.49. The average Bonchev–Trinajstić information content (AvgIpc) is 2.79. The van der Waals surface area contributed by atoms with Gasteiger partial charge in [-0.1, -0.05) is 27.6 Å². The summed E-state index contributed by atoms with van der Waals surface area (Å²) >= 11 is 0. The molecule has 0 radical (unpaired) electrons. The predicted molar refractivity (Wildman–Crippen MR) is 122 cm³/mol. The zero-order valence-electron chi connectivity index (χ0n) is 17.9. The monoisotopic (exact) mass is 427 g/mol. The number of hydrogen-bond acceptors (Lipinski definition) is 5. The standard InChI is InChI=1S/C23H30N3O3P/c1-4-9-24-10-12-25(13-11-24)18-6-8-23-26(16-18)22(27)15-21(30-23)17-5-7-19(28-2)20(14-17)29-3/h5-8,14-16,23,30H,4,9-13H2,1-3H3. The van der Waals surface area contributed by atoms with Crippen molar-refractivity contribution in [2.24, 2.45) is 0 Å². The molecule has 160 valence electrons. The van der Waals surface area contributed by atoms with Crippen LogP contribution in [0.1, 0.15) is 18.9 Å². The lowest BCUT2D eigenvalue weighted by Crippen LogP contribution is -2.47. The molecule has 3 aliphatic heterocycles. The molecule has 6 nitrogen and oxygen atoms in total. The van der Waals surface area contributed by atoms with E-state index in [9.17, 15) is 4.79 Å². The molecule has 2 atom stereocenters. The van der Waals surface area contributed by atoms with Crippen LogP contribution in [0.2, 0.25) is 0 Å². The lowest BCUT2D eigenvalue weighted by atomic mass is 10.1. The van der Waals surface area contributed by atoms with Crippen molar-refractivity contribution >= 4 is 19.8 Å². The number of nitrogens with zero attached hydrogens (tertiary/aromatic N) is 3. The van der Waals surface area contributed by atoms with Crippen LogP contribution < -0.4 is 9.47 Å². The molecular formula is C23H30N3O3P. The average molecular weight is 427 g/mol. The van der Waals surface area contributed by atoms with E-state index >= 15 is 0 Å². The lowest BCUT2D eigenvalue weighted by molar-refractivity contribution is -0.123. The van der Waals surface area contributed by atoms with Crippen molar-refractivity contribution in [2.45, 2.75) is 19.1 Å². The summed E-state index contributed by atoms with van der Waals surface area (Å²) in [7, 11) is 3.74. The van der Waals surface area contributed by atoms with Gasteiger partial charge in [-0.2, -0.15) is 0 Å². The Bertz CT molecular complexity index is 888. The fraction of sp³-hybridized carbons (Fsp3) is 0.435. The number of rotatable bonds is 6. The Hall–Kier alpha value is -2.30. The van der Waals surface area contributed by atoms with Gasteiger partial charge < -0.3 is 19.3 Å². The van der Waals surface area contributed by atoms with Gasteiger partial charge in [0.15, 0.2) is 11.5 Å². The minimum atomic E-state index is 0.0370. The summed E-state index contributed by atoms with van der Waals surface area (Å²) in [6.07, 6.45) is 9.37. The van der Waals surface area contributed by atoms with Gasteiger partial charge >= 0.3 is 0 Å². The first-order valence-electron chi connectivity index (χ1n) is 10.5. The van der Waals surface area contributed by atoms with E-state index in [4.69, 9.17) is 9.47 Å². The molecule has 0 spiro atoms. The number of ether oxygens (including phenoxy) is 2. The maximum Gasteiger partial charge on any atom is 0.252 e. The van der Waals surface area contributed by atoms with Crippen LogP contribution in [0, 0.1) is 0 Å². The fourth-order valence-electron chi connectivity index (χ4n) is 4.17. The van der Waals surface area contributed by atoms with E-state index in [0.29, 0.717) is 20.1 Å². The predicted octanol–water partition coefficient (Wildman–Crippen LogP) is 3.33. The normalized spacial score (nSPS) is 22.6. The third-order valence-electron chi connectivity index (χ3n) is 5.82. The zero-order valence-corrected chi connectivity index (χ0v) is 18.9. The number of fused-ring (bicyclic) bond motifs is 1. The summed E-state index contributed by atoms with van der Waals surface area (Å²) in [5.74, 6) is 1.49. The van der Waals surface area contributed by atoms with E-state index in [1.54, 1.807) is 20.3 Å². The fourth-order valence-corrected chi connectivity index (χ4v) is 5.55. The number of benzene rings is 1. The Labute approximate surface area is 180 Å². The first-order valence-corrected chi connectivity index (χ1v) is 11.6. The minimum Gasteiger partial charge on any atom is -0.493 e. The van der Waals surface area contributed by atoms with Crippen molar-refractivity contribution in [3.63, 3.8) is 0 Å². The molecule has 1 saturated heterocycles. The van der Waals surface area contributed by atoms with Gasteiger partial charge in [0.05, 0.1) is 25.7 Å². The third kappa shape index (κ3) is 4.26. The number of allylic oxidation sites excluding steroid dienone is 1. The molecule has 7 heteroatoms. The second-order valence-corrected chi connectivity index (χ2v) is 9.12. The minimum absolute atomic E-state index is 0.0370. The van der Waals surface area contributed by atoms with Gasteiger partial charge in [0.2, 0.25) is 0 Å². The SMILES string of the molecule is CCCN1CCN(C2=CN3C(=O)C=C(c4ccc(OC)c(OC)c4)PC3C=C2)CC1. The summed E-state index contributed by atoms with van der Waals surface area (Å²) in [4.78, 5) is 19.7. The van der Waals surface area contributed by atoms with Gasteiger partial charge in [-0.3, -0.25) is 9.69 Å². The van der Waals surface area contributed by atoms with Crippen LogP contribution in [0.4, 0.5) is 0 Å². The van der Waals surface area contributed by atoms with Gasteiger partial charge in [-0.15, -0.1) is 0 Å². The van der Waals surface area contributed by atoms with E-state index in [2.05, 4.69) is 28.9 Å². The molecule has 0 aromatic heterocycles. The van der Waals surface area contributed by atoms with Crippen molar-refractivity contribution in [3.05, 3.63) is 53.9 Å². The maximum atomic E-state index is 12.9. The number of amides is 1. The number of methoxy groups -OCH3 is 2. The van der Waals surface area contributed by atoms with E-state index in [1.165, 1.54) is 13.0 Å². The molecule has 4 rings (SSSR count). The van der Waals surface area contributed by atoms with Crippen LogP contribution in [-0.4, -0.2) is 73.3 Å². The van der Waals surface area contributed by atoms with Crippen LogP contribution in [0.15, 0.2) is 48.3 Å². The zero-order chi connectivity index (χ0) is 21.1. The first kappa shape index (κ1) is 21.0. The van der Waals surface area contributed by atoms with Crippen LogP contribution >= 0.6 is 8.58 Å². The number of carbonyl (C=O) groups excluding carboxylic acids is 1. The Morgan fingerprint density at radius 1 is 1.10 bits per heavy atom. The molecule has 1 aromatic carbocycles. The van der Waals surface area contributed by atoms with Gasteiger partial charge in [-0.05, 0) is 42.1 Å². The molecule has 1 aromatic rings. The second kappa shape index (κ2) is 9.23. The van der Waals surface area contributed by atoms with Crippen molar-refractivity contribution in [1.82, 2.24) is 14.7 Å². The molecule has 1 fully saturated rings. The Morgan fingerprint density at radius 2 is 1.87 bits per heavy atom. The summed E-state index contributed by atoms with van der Waals surface area (Å²) in [5.41, 5.74) is 2.15. The second-order valence-electron chi connectivity index (χ2n) is 7.70. The van der Waals surface area contributed by atoms with Gasteiger partial charge in [-0.25, -0.2) is 0 Å². The van der Waals surface area contributed by atoms with E-state index in [0.717, 1.165) is 42.8 Å². The number of carbonyl (C=O) groups is 1. The molecule has 0 aliphatic carbocycles. The summed E-state index contributed by atoms with van der Waals surface area (Å²) in [6, 6.07) is 5.83. The maximum absolute atomic E-state index is 12.9. The summed E-state index contributed by atoms with van der Waals surface area (Å²) < 4.78 is 10.8. The van der Waals surface area contributed by atoms with Gasteiger partial charge in [0, 0.05) is 38.5 Å². The lowest BCUT2D eigenvalue weighted by Gasteiger charge is -2.40. The molecule has 2 unspecified atom stereocenters. The van der Waals surface area contributed by atoms with Crippen molar-refractivity contribution < 1.29 is 14.3 Å². The molecule has 0 saturated carbocycles. The van der Waals surface area contributed by atoms with Gasteiger partial charge in [0.25, 0.3) is 5.91 Å². The third-order valence-corrected chi connectivity index (χ3v) is 7.33. The van der Waals surface area contributed by atoms with E-state index in [1.807, 2.05) is 29.3 Å². The van der Waals surface area contributed by atoms with E-state index < -0.39 is 0 Å². The number of piperazine rings is 1. The highest BCUT2D eigenvalue weighted by atomic mass is 31.1. The highest BCUT2D eigenvalue weighted by molar-refractivity contribution is 7.51. The van der Waals surface area contributed by atoms with Crippen LogP contribution in [0.25, 0.3) is 5.31 Å². The molecular weight excluding hydrogens is 397 g/mol. The quantitative estimate of drug-likeness (QED) is 0.652. The highest BCUT2D eigenvalue weighted by Gasteiger charge is 2.30. The van der Waals surface area contributed by atoms with Crippen molar-refractivity contribution in [1.29, 1.82) is 0 Å². The topological polar surface area (TPSA) is 45.2 Å².